The van der Waals surface area contributed by atoms with Crippen molar-refractivity contribution >= 4 is 17.7 Å². The number of carbonyl (C=O) groups is 1. The lowest BCUT2D eigenvalue weighted by molar-refractivity contribution is -0.130. The molecule has 140 valence electrons. The summed E-state index contributed by atoms with van der Waals surface area (Å²) in [5.41, 5.74) is 3.54. The van der Waals surface area contributed by atoms with Crippen molar-refractivity contribution in [1.82, 2.24) is 9.80 Å². The zero-order chi connectivity index (χ0) is 19.2. The van der Waals surface area contributed by atoms with Gasteiger partial charge in [-0.05, 0) is 42.7 Å². The molecule has 2 aromatic carbocycles. The number of nitriles is 1. The molecule has 0 aromatic heterocycles. The van der Waals surface area contributed by atoms with Crippen molar-refractivity contribution in [1.29, 1.82) is 5.26 Å². The SMILES string of the molecule is Cc1ccc(SCC(=O)N2CCN(C(C#N)c3ccccc3)CC2)cc1C. The van der Waals surface area contributed by atoms with Crippen LogP contribution in [0.15, 0.2) is 53.4 Å². The molecular weight excluding hydrogens is 354 g/mol. The van der Waals surface area contributed by atoms with Crippen molar-refractivity contribution in [3.8, 4) is 6.07 Å². The second-order valence-electron chi connectivity index (χ2n) is 6.89. The van der Waals surface area contributed by atoms with E-state index in [1.54, 1.807) is 11.8 Å². The van der Waals surface area contributed by atoms with Crippen LogP contribution >= 0.6 is 11.8 Å². The molecule has 0 bridgehead atoms. The minimum atomic E-state index is -0.242. The molecule has 0 spiro atoms. The molecule has 27 heavy (non-hydrogen) atoms. The topological polar surface area (TPSA) is 47.3 Å². The van der Waals surface area contributed by atoms with Crippen molar-refractivity contribution in [3.05, 3.63) is 65.2 Å². The highest BCUT2D eigenvalue weighted by Gasteiger charge is 2.26. The van der Waals surface area contributed by atoms with E-state index in [1.807, 2.05) is 35.2 Å². The zero-order valence-electron chi connectivity index (χ0n) is 15.9. The molecule has 1 aliphatic heterocycles. The van der Waals surface area contributed by atoms with E-state index in [1.165, 1.54) is 11.1 Å². The molecule has 1 saturated heterocycles. The Kier molecular flexibility index (Phi) is 6.54. The summed E-state index contributed by atoms with van der Waals surface area (Å²) < 4.78 is 0. The van der Waals surface area contributed by atoms with Crippen LogP contribution in [0.25, 0.3) is 0 Å². The van der Waals surface area contributed by atoms with Gasteiger partial charge in [0.05, 0.1) is 11.8 Å². The Labute approximate surface area is 165 Å². The molecule has 5 heteroatoms. The number of rotatable bonds is 5. The van der Waals surface area contributed by atoms with E-state index in [0.29, 0.717) is 18.8 Å². The lowest BCUT2D eigenvalue weighted by Gasteiger charge is -2.37. The first-order valence-electron chi connectivity index (χ1n) is 9.25. The highest BCUT2D eigenvalue weighted by Crippen LogP contribution is 2.23. The number of piperazine rings is 1. The van der Waals surface area contributed by atoms with Gasteiger partial charge >= 0.3 is 0 Å². The van der Waals surface area contributed by atoms with Gasteiger partial charge in [0.1, 0.15) is 6.04 Å². The van der Waals surface area contributed by atoms with Crippen molar-refractivity contribution in [2.45, 2.75) is 24.8 Å². The van der Waals surface area contributed by atoms with E-state index in [9.17, 15) is 10.1 Å². The minimum Gasteiger partial charge on any atom is -0.339 e. The predicted molar refractivity (Wildman–Crippen MR) is 110 cm³/mol. The Morgan fingerprint density at radius 2 is 1.78 bits per heavy atom. The fourth-order valence-electron chi connectivity index (χ4n) is 3.27. The monoisotopic (exact) mass is 379 g/mol. The molecule has 0 radical (unpaired) electrons. The number of thioether (sulfide) groups is 1. The third-order valence-electron chi connectivity index (χ3n) is 5.11. The number of hydrogen-bond donors (Lipinski definition) is 0. The van der Waals surface area contributed by atoms with Gasteiger partial charge in [0, 0.05) is 31.1 Å². The molecule has 1 amide bonds. The van der Waals surface area contributed by atoms with E-state index in [-0.39, 0.29) is 11.9 Å². The number of hydrogen-bond acceptors (Lipinski definition) is 4. The standard InChI is InChI=1S/C22H25N3OS/c1-17-8-9-20(14-18(17)2)27-16-22(26)25-12-10-24(11-13-25)21(15-23)19-6-4-3-5-7-19/h3-9,14,21H,10-13,16H2,1-2H3. The Bertz CT molecular complexity index is 823. The van der Waals surface area contributed by atoms with Crippen molar-refractivity contribution in [2.24, 2.45) is 0 Å². The summed E-state index contributed by atoms with van der Waals surface area (Å²) in [6.45, 7) is 7.01. The van der Waals surface area contributed by atoms with Gasteiger partial charge in [-0.3, -0.25) is 9.69 Å². The normalized spacial score (nSPS) is 16.0. The Morgan fingerprint density at radius 3 is 2.41 bits per heavy atom. The molecule has 1 atom stereocenters. The largest absolute Gasteiger partial charge is 0.339 e. The Morgan fingerprint density at radius 1 is 1.07 bits per heavy atom. The fourth-order valence-corrected chi connectivity index (χ4v) is 4.17. The molecule has 3 rings (SSSR count). The van der Waals surface area contributed by atoms with Gasteiger partial charge in [-0.15, -0.1) is 11.8 Å². The first-order chi connectivity index (χ1) is 13.1. The highest BCUT2D eigenvalue weighted by atomic mass is 32.2. The maximum atomic E-state index is 12.6. The summed E-state index contributed by atoms with van der Waals surface area (Å²) in [6, 6.07) is 18.4. The molecule has 2 aromatic rings. The van der Waals surface area contributed by atoms with Crippen LogP contribution in [0.4, 0.5) is 0 Å². The van der Waals surface area contributed by atoms with E-state index >= 15 is 0 Å². The first kappa shape index (κ1) is 19.5. The third-order valence-corrected chi connectivity index (χ3v) is 6.09. The molecular formula is C22H25N3OS. The summed E-state index contributed by atoms with van der Waals surface area (Å²) in [7, 11) is 0. The average Bonchev–Trinajstić information content (AvgIpc) is 2.70. The predicted octanol–water partition coefficient (Wildman–Crippen LogP) is 3.80. The molecule has 1 aliphatic rings. The van der Waals surface area contributed by atoms with Gasteiger partial charge in [-0.25, -0.2) is 0 Å². The van der Waals surface area contributed by atoms with Gasteiger partial charge in [0.15, 0.2) is 0 Å². The van der Waals surface area contributed by atoms with Crippen molar-refractivity contribution < 1.29 is 4.79 Å². The van der Waals surface area contributed by atoms with Crippen LogP contribution in [-0.4, -0.2) is 47.6 Å². The lowest BCUT2D eigenvalue weighted by atomic mass is 10.1. The van der Waals surface area contributed by atoms with E-state index < -0.39 is 0 Å². The van der Waals surface area contributed by atoms with Crippen LogP contribution in [0.5, 0.6) is 0 Å². The van der Waals surface area contributed by atoms with Gasteiger partial charge in [0.2, 0.25) is 5.91 Å². The average molecular weight is 380 g/mol. The zero-order valence-corrected chi connectivity index (χ0v) is 16.7. The van der Waals surface area contributed by atoms with E-state index in [2.05, 4.69) is 43.0 Å². The van der Waals surface area contributed by atoms with Crippen LogP contribution in [0, 0.1) is 25.2 Å². The van der Waals surface area contributed by atoms with Crippen molar-refractivity contribution in [2.75, 3.05) is 31.9 Å². The third kappa shape index (κ3) is 4.91. The van der Waals surface area contributed by atoms with Crippen LogP contribution in [0.1, 0.15) is 22.7 Å². The molecule has 4 nitrogen and oxygen atoms in total. The summed E-state index contributed by atoms with van der Waals surface area (Å²) in [5.74, 6) is 0.633. The number of aryl methyl sites for hydroxylation is 2. The van der Waals surface area contributed by atoms with E-state index in [0.717, 1.165) is 23.5 Å². The summed E-state index contributed by atoms with van der Waals surface area (Å²) in [6.07, 6.45) is 0. The molecule has 1 heterocycles. The molecule has 0 N–H and O–H groups in total. The van der Waals surface area contributed by atoms with E-state index in [4.69, 9.17) is 0 Å². The highest BCUT2D eigenvalue weighted by molar-refractivity contribution is 8.00. The number of amides is 1. The minimum absolute atomic E-state index is 0.172. The second kappa shape index (κ2) is 9.07. The first-order valence-corrected chi connectivity index (χ1v) is 10.2. The number of benzene rings is 2. The summed E-state index contributed by atoms with van der Waals surface area (Å²) in [5, 5.41) is 9.58. The van der Waals surface area contributed by atoms with Crippen LogP contribution < -0.4 is 0 Å². The maximum Gasteiger partial charge on any atom is 0.233 e. The molecule has 1 unspecified atom stereocenters. The number of carbonyl (C=O) groups excluding carboxylic acids is 1. The van der Waals surface area contributed by atoms with Crippen LogP contribution in [0.2, 0.25) is 0 Å². The molecule has 0 aliphatic carbocycles. The smallest absolute Gasteiger partial charge is 0.233 e. The lowest BCUT2D eigenvalue weighted by Crippen LogP contribution is -2.50. The van der Waals surface area contributed by atoms with Gasteiger partial charge in [-0.2, -0.15) is 5.26 Å². The maximum absolute atomic E-state index is 12.6. The quantitative estimate of drug-likeness (QED) is 0.742. The van der Waals surface area contributed by atoms with Crippen molar-refractivity contribution in [3.63, 3.8) is 0 Å². The van der Waals surface area contributed by atoms with Gasteiger partial charge < -0.3 is 4.90 Å². The van der Waals surface area contributed by atoms with Crippen LogP contribution in [0.3, 0.4) is 0 Å². The second-order valence-corrected chi connectivity index (χ2v) is 7.94. The van der Waals surface area contributed by atoms with Gasteiger partial charge in [-0.1, -0.05) is 36.4 Å². The fraction of sp³-hybridized carbons (Fsp3) is 0.364. The summed E-state index contributed by atoms with van der Waals surface area (Å²) in [4.78, 5) is 17.8. The number of nitrogens with zero attached hydrogens (tertiary/aromatic N) is 3. The molecule has 0 saturated carbocycles. The van der Waals surface area contributed by atoms with Crippen LogP contribution in [-0.2, 0) is 4.79 Å². The Hall–Kier alpha value is -2.29. The van der Waals surface area contributed by atoms with Gasteiger partial charge in [0.25, 0.3) is 0 Å². The Balaban J connectivity index is 1.51. The summed E-state index contributed by atoms with van der Waals surface area (Å²) >= 11 is 1.60. The molecule has 1 fully saturated rings.